The number of benzene rings is 2. The average Bonchev–Trinajstić information content (AvgIpc) is 3.76. The van der Waals surface area contributed by atoms with Crippen LogP contribution in [0, 0.1) is 11.7 Å². The first-order valence-corrected chi connectivity index (χ1v) is 12.8. The normalized spacial score (nSPS) is 15.0. The topological polar surface area (TPSA) is 101 Å². The molecule has 1 atom stereocenters. The molecule has 3 aromatic rings. The molecule has 1 aliphatic carbocycles. The van der Waals surface area contributed by atoms with Crippen LogP contribution in [0.1, 0.15) is 55.2 Å². The molecule has 1 fully saturated rings. The predicted molar refractivity (Wildman–Crippen MR) is 143 cm³/mol. The highest BCUT2D eigenvalue weighted by atomic mass is 19.1. The molecule has 0 aliphatic heterocycles. The molecule has 2 aromatic carbocycles. The van der Waals surface area contributed by atoms with Crippen molar-refractivity contribution in [2.45, 2.75) is 44.6 Å². The van der Waals surface area contributed by atoms with Gasteiger partial charge in [-0.3, -0.25) is 4.79 Å². The van der Waals surface area contributed by atoms with Crippen LogP contribution in [-0.2, 0) is 11.0 Å². The number of carbonyl (C=O) groups is 1. The maximum absolute atomic E-state index is 13.6. The SMILES string of the molecule is COc1cc(C(=O)NCC(O)(c2cc(C(C)(C)C)cc(-c3ccc(F)cc3)n2)C2CC2)ccc1OCCO. The minimum Gasteiger partial charge on any atom is -0.493 e. The van der Waals surface area contributed by atoms with E-state index in [0.29, 0.717) is 28.5 Å². The fourth-order valence-electron chi connectivity index (χ4n) is 4.36. The molecule has 8 heteroatoms. The first kappa shape index (κ1) is 27.5. The van der Waals surface area contributed by atoms with Gasteiger partial charge in [-0.05, 0) is 84.3 Å². The van der Waals surface area contributed by atoms with E-state index in [0.717, 1.165) is 24.0 Å². The van der Waals surface area contributed by atoms with Crippen molar-refractivity contribution in [2.75, 3.05) is 26.9 Å². The summed E-state index contributed by atoms with van der Waals surface area (Å²) in [6.07, 6.45) is 1.65. The number of rotatable bonds is 10. The molecule has 1 aliphatic rings. The van der Waals surface area contributed by atoms with Gasteiger partial charge in [0.05, 0.1) is 31.6 Å². The van der Waals surface area contributed by atoms with Crippen molar-refractivity contribution >= 4 is 5.91 Å². The van der Waals surface area contributed by atoms with E-state index in [1.807, 2.05) is 12.1 Å². The van der Waals surface area contributed by atoms with Gasteiger partial charge in [0.25, 0.3) is 5.91 Å². The van der Waals surface area contributed by atoms with Crippen LogP contribution < -0.4 is 14.8 Å². The van der Waals surface area contributed by atoms with E-state index in [1.54, 1.807) is 30.3 Å². The summed E-state index contributed by atoms with van der Waals surface area (Å²) in [5.41, 5.74) is 1.60. The minimum absolute atomic E-state index is 0.0228. The number of methoxy groups -OCH3 is 1. The Bertz CT molecular complexity index is 1280. The second-order valence-electron chi connectivity index (χ2n) is 10.7. The summed E-state index contributed by atoms with van der Waals surface area (Å²) in [5.74, 6) is 0.0381. The lowest BCUT2D eigenvalue weighted by Crippen LogP contribution is -2.43. The summed E-state index contributed by atoms with van der Waals surface area (Å²) in [6, 6.07) is 14.8. The standard InChI is InChI=1S/C30H35FN2O5/c1-29(2,3)22-16-24(19-5-10-23(31)11-6-19)33-27(17-22)30(36,21-8-9-21)18-32-28(35)20-7-12-25(38-14-13-34)26(15-20)37-4/h5-7,10-12,15-17,21,34,36H,8-9,13-14,18H2,1-4H3,(H,32,35). The smallest absolute Gasteiger partial charge is 0.251 e. The summed E-state index contributed by atoms with van der Waals surface area (Å²) >= 11 is 0. The lowest BCUT2D eigenvalue weighted by molar-refractivity contribution is 0.00945. The van der Waals surface area contributed by atoms with Gasteiger partial charge in [0, 0.05) is 11.1 Å². The number of aromatic nitrogens is 1. The molecule has 1 aromatic heterocycles. The third-order valence-corrected chi connectivity index (χ3v) is 6.82. The van der Waals surface area contributed by atoms with Crippen LogP contribution in [0.25, 0.3) is 11.3 Å². The Hall–Kier alpha value is -3.49. The Morgan fingerprint density at radius 2 is 1.79 bits per heavy atom. The Balaban J connectivity index is 1.63. The minimum atomic E-state index is -1.38. The van der Waals surface area contributed by atoms with Crippen LogP contribution in [0.5, 0.6) is 11.5 Å². The maximum atomic E-state index is 13.6. The van der Waals surface area contributed by atoms with E-state index in [4.69, 9.17) is 19.6 Å². The van der Waals surface area contributed by atoms with Crippen molar-refractivity contribution in [2.24, 2.45) is 5.92 Å². The number of carbonyl (C=O) groups excluding carboxylic acids is 1. The van der Waals surface area contributed by atoms with Crippen LogP contribution in [0.4, 0.5) is 4.39 Å². The van der Waals surface area contributed by atoms with Crippen molar-refractivity contribution in [3.8, 4) is 22.8 Å². The molecule has 0 radical (unpaired) electrons. The molecule has 1 heterocycles. The average molecular weight is 523 g/mol. The Morgan fingerprint density at radius 1 is 1.08 bits per heavy atom. The molecule has 0 saturated heterocycles. The van der Waals surface area contributed by atoms with Gasteiger partial charge in [0.2, 0.25) is 0 Å². The number of nitrogens with one attached hydrogen (secondary N) is 1. The van der Waals surface area contributed by atoms with Crippen molar-refractivity contribution in [3.63, 3.8) is 0 Å². The lowest BCUT2D eigenvalue weighted by Gasteiger charge is -2.30. The van der Waals surface area contributed by atoms with Crippen LogP contribution in [-0.4, -0.2) is 48.0 Å². The van der Waals surface area contributed by atoms with Crippen molar-refractivity contribution in [1.29, 1.82) is 0 Å². The molecule has 3 N–H and O–H groups in total. The molecular formula is C30H35FN2O5. The first-order chi connectivity index (χ1) is 18.0. The van der Waals surface area contributed by atoms with Gasteiger partial charge in [-0.2, -0.15) is 0 Å². The Kier molecular flexibility index (Phi) is 8.04. The van der Waals surface area contributed by atoms with E-state index in [9.17, 15) is 14.3 Å². The van der Waals surface area contributed by atoms with E-state index in [1.165, 1.54) is 19.2 Å². The van der Waals surface area contributed by atoms with Gasteiger partial charge >= 0.3 is 0 Å². The van der Waals surface area contributed by atoms with Gasteiger partial charge in [-0.15, -0.1) is 0 Å². The number of amides is 1. The quantitative estimate of drug-likeness (QED) is 0.360. The summed E-state index contributed by atoms with van der Waals surface area (Å²) < 4.78 is 24.3. The van der Waals surface area contributed by atoms with E-state index < -0.39 is 5.60 Å². The lowest BCUT2D eigenvalue weighted by atomic mass is 9.83. The molecule has 4 rings (SSSR count). The highest BCUT2D eigenvalue weighted by molar-refractivity contribution is 5.95. The summed E-state index contributed by atoms with van der Waals surface area (Å²) in [5, 5.41) is 23.8. The highest BCUT2D eigenvalue weighted by Gasteiger charge is 2.47. The number of aliphatic hydroxyl groups is 2. The zero-order valence-corrected chi connectivity index (χ0v) is 22.3. The maximum Gasteiger partial charge on any atom is 0.251 e. The van der Waals surface area contributed by atoms with Gasteiger partial charge in [0.15, 0.2) is 11.5 Å². The largest absolute Gasteiger partial charge is 0.493 e. The number of nitrogens with zero attached hydrogens (tertiary/aromatic N) is 1. The molecule has 7 nitrogen and oxygen atoms in total. The van der Waals surface area contributed by atoms with Crippen LogP contribution in [0.15, 0.2) is 54.6 Å². The predicted octanol–water partition coefficient (Wildman–Crippen LogP) is 4.59. The summed E-state index contributed by atoms with van der Waals surface area (Å²) in [4.78, 5) is 17.9. The second kappa shape index (κ2) is 11.1. The summed E-state index contributed by atoms with van der Waals surface area (Å²) in [6.45, 7) is 6.19. The monoisotopic (exact) mass is 522 g/mol. The first-order valence-electron chi connectivity index (χ1n) is 12.8. The number of halogens is 1. The molecular weight excluding hydrogens is 487 g/mol. The fourth-order valence-corrected chi connectivity index (χ4v) is 4.36. The zero-order valence-electron chi connectivity index (χ0n) is 22.3. The highest BCUT2D eigenvalue weighted by Crippen LogP contribution is 2.46. The molecule has 0 bridgehead atoms. The van der Waals surface area contributed by atoms with Gasteiger partial charge in [-0.25, -0.2) is 9.37 Å². The van der Waals surface area contributed by atoms with Crippen molar-refractivity contribution in [3.05, 3.63) is 77.2 Å². The number of pyridine rings is 1. The van der Waals surface area contributed by atoms with Crippen molar-refractivity contribution < 1.29 is 28.9 Å². The Labute approximate surface area is 222 Å². The third-order valence-electron chi connectivity index (χ3n) is 6.82. The zero-order chi connectivity index (χ0) is 27.5. The molecule has 1 amide bonds. The molecule has 202 valence electrons. The second-order valence-corrected chi connectivity index (χ2v) is 10.7. The molecule has 38 heavy (non-hydrogen) atoms. The molecule has 1 unspecified atom stereocenters. The number of ether oxygens (including phenoxy) is 2. The van der Waals surface area contributed by atoms with E-state index in [-0.39, 0.29) is 42.8 Å². The number of aliphatic hydroxyl groups excluding tert-OH is 1. The number of hydrogen-bond donors (Lipinski definition) is 3. The van der Waals surface area contributed by atoms with Crippen LogP contribution in [0.2, 0.25) is 0 Å². The van der Waals surface area contributed by atoms with Crippen molar-refractivity contribution in [1.82, 2.24) is 10.3 Å². The Morgan fingerprint density at radius 3 is 2.39 bits per heavy atom. The molecule has 1 saturated carbocycles. The van der Waals surface area contributed by atoms with E-state index in [2.05, 4.69) is 26.1 Å². The van der Waals surface area contributed by atoms with Gasteiger partial charge < -0.3 is 25.0 Å². The summed E-state index contributed by atoms with van der Waals surface area (Å²) in [7, 11) is 1.47. The third kappa shape index (κ3) is 6.14. The fraction of sp³-hybridized carbons (Fsp3) is 0.400. The van der Waals surface area contributed by atoms with Crippen LogP contribution in [0.3, 0.4) is 0 Å². The van der Waals surface area contributed by atoms with Gasteiger partial charge in [-0.1, -0.05) is 20.8 Å². The number of hydrogen-bond acceptors (Lipinski definition) is 6. The van der Waals surface area contributed by atoms with Crippen LogP contribution >= 0.6 is 0 Å². The van der Waals surface area contributed by atoms with Gasteiger partial charge in [0.1, 0.15) is 18.0 Å². The van der Waals surface area contributed by atoms with E-state index >= 15 is 0 Å². The molecule has 0 spiro atoms.